The van der Waals surface area contributed by atoms with Gasteiger partial charge in [0.1, 0.15) is 11.6 Å². The zero-order valence-electron chi connectivity index (χ0n) is 18.9. The number of benzene rings is 3. The minimum Gasteiger partial charge on any atom is -0.439 e. The van der Waals surface area contributed by atoms with Crippen LogP contribution in [0.15, 0.2) is 72.8 Å². The summed E-state index contributed by atoms with van der Waals surface area (Å²) in [6.45, 7) is 5.87. The molecular weight excluding hydrogens is 417 g/mol. The minimum atomic E-state index is -0.384. The van der Waals surface area contributed by atoms with Crippen LogP contribution >= 0.6 is 0 Å². The van der Waals surface area contributed by atoms with Gasteiger partial charge >= 0.3 is 0 Å². The smallest absolute Gasteiger partial charge is 0.226 e. The number of carbonyl (C=O) groups is 1. The number of carbonyl (C=O) groups excluding carboxylic acids is 1. The van der Waals surface area contributed by atoms with E-state index in [9.17, 15) is 9.18 Å². The van der Waals surface area contributed by atoms with Crippen molar-refractivity contribution in [2.45, 2.75) is 33.6 Å². The summed E-state index contributed by atoms with van der Waals surface area (Å²) in [5, 5.41) is 7.62. The van der Waals surface area contributed by atoms with Crippen molar-refractivity contribution in [3.8, 4) is 17.3 Å². The molecule has 0 unspecified atom stereocenters. The number of aryl methyl sites for hydroxylation is 3. The van der Waals surface area contributed by atoms with Gasteiger partial charge in [-0.05, 0) is 74.7 Å². The SMILES string of the molecule is Cc1cccc(NC(=O)CCc2c(C)nn(-c3cccc(C)c3)c2Oc2cccc(F)c2)c1. The van der Waals surface area contributed by atoms with Gasteiger partial charge in [0.2, 0.25) is 11.8 Å². The lowest BCUT2D eigenvalue weighted by molar-refractivity contribution is -0.116. The highest BCUT2D eigenvalue weighted by molar-refractivity contribution is 5.90. The van der Waals surface area contributed by atoms with E-state index in [1.54, 1.807) is 16.8 Å². The average molecular weight is 444 g/mol. The van der Waals surface area contributed by atoms with Crippen LogP contribution < -0.4 is 10.1 Å². The highest BCUT2D eigenvalue weighted by Gasteiger charge is 2.20. The third-order valence-electron chi connectivity index (χ3n) is 5.30. The highest BCUT2D eigenvalue weighted by Crippen LogP contribution is 2.32. The molecule has 0 spiro atoms. The zero-order chi connectivity index (χ0) is 23.4. The molecule has 0 aliphatic heterocycles. The third-order valence-corrected chi connectivity index (χ3v) is 5.30. The topological polar surface area (TPSA) is 56.2 Å². The Hall–Kier alpha value is -3.93. The van der Waals surface area contributed by atoms with E-state index < -0.39 is 0 Å². The maximum atomic E-state index is 13.8. The summed E-state index contributed by atoms with van der Waals surface area (Å²) in [6, 6.07) is 21.6. The van der Waals surface area contributed by atoms with Crippen LogP contribution in [-0.4, -0.2) is 15.7 Å². The molecule has 1 N–H and O–H groups in total. The largest absolute Gasteiger partial charge is 0.439 e. The van der Waals surface area contributed by atoms with Crippen molar-refractivity contribution in [3.63, 3.8) is 0 Å². The Morgan fingerprint density at radius 2 is 1.70 bits per heavy atom. The highest BCUT2D eigenvalue weighted by atomic mass is 19.1. The van der Waals surface area contributed by atoms with Crippen LogP contribution in [0.1, 0.15) is 28.8 Å². The van der Waals surface area contributed by atoms with Crippen LogP contribution in [0.3, 0.4) is 0 Å². The molecule has 5 nitrogen and oxygen atoms in total. The van der Waals surface area contributed by atoms with Crippen molar-refractivity contribution in [3.05, 3.63) is 101 Å². The molecule has 33 heavy (non-hydrogen) atoms. The number of anilines is 1. The second-order valence-electron chi connectivity index (χ2n) is 8.10. The first kappa shape index (κ1) is 22.3. The first-order valence-electron chi connectivity index (χ1n) is 10.8. The second kappa shape index (κ2) is 9.69. The molecule has 0 aliphatic rings. The van der Waals surface area contributed by atoms with E-state index in [4.69, 9.17) is 4.74 Å². The summed E-state index contributed by atoms with van der Waals surface area (Å²) >= 11 is 0. The van der Waals surface area contributed by atoms with Crippen LogP contribution in [0.25, 0.3) is 5.69 Å². The van der Waals surface area contributed by atoms with E-state index in [1.807, 2.05) is 69.3 Å². The molecule has 1 heterocycles. The van der Waals surface area contributed by atoms with Crippen LogP contribution in [0.2, 0.25) is 0 Å². The maximum absolute atomic E-state index is 13.8. The van der Waals surface area contributed by atoms with Gasteiger partial charge < -0.3 is 10.1 Å². The lowest BCUT2D eigenvalue weighted by atomic mass is 10.1. The van der Waals surface area contributed by atoms with Gasteiger partial charge in [-0.1, -0.05) is 30.3 Å². The average Bonchev–Trinajstić information content (AvgIpc) is 3.07. The van der Waals surface area contributed by atoms with Gasteiger partial charge in [-0.25, -0.2) is 9.07 Å². The Kier molecular flexibility index (Phi) is 6.54. The Morgan fingerprint density at radius 3 is 2.42 bits per heavy atom. The molecule has 0 atom stereocenters. The zero-order valence-corrected chi connectivity index (χ0v) is 18.9. The van der Waals surface area contributed by atoms with Gasteiger partial charge in [-0.3, -0.25) is 4.79 Å². The number of nitrogens with zero attached hydrogens (tertiary/aromatic N) is 2. The molecule has 0 saturated carbocycles. The van der Waals surface area contributed by atoms with E-state index in [1.165, 1.54) is 12.1 Å². The molecule has 6 heteroatoms. The summed E-state index contributed by atoms with van der Waals surface area (Å²) in [6.07, 6.45) is 0.688. The predicted molar refractivity (Wildman–Crippen MR) is 128 cm³/mol. The molecular formula is C27H26FN3O2. The molecule has 0 aliphatic carbocycles. The maximum Gasteiger partial charge on any atom is 0.226 e. The van der Waals surface area contributed by atoms with Crippen molar-refractivity contribution in [1.29, 1.82) is 0 Å². The predicted octanol–water partition coefficient (Wildman–Crippen LogP) is 6.30. The lowest BCUT2D eigenvalue weighted by Gasteiger charge is -2.12. The van der Waals surface area contributed by atoms with Crippen molar-refractivity contribution in [2.75, 3.05) is 5.32 Å². The quantitative estimate of drug-likeness (QED) is 0.365. The van der Waals surface area contributed by atoms with E-state index in [-0.39, 0.29) is 18.1 Å². The number of hydrogen-bond acceptors (Lipinski definition) is 3. The number of hydrogen-bond donors (Lipinski definition) is 1. The third kappa shape index (κ3) is 5.47. The van der Waals surface area contributed by atoms with E-state index in [2.05, 4.69) is 10.4 Å². The van der Waals surface area contributed by atoms with Crippen LogP contribution in [-0.2, 0) is 11.2 Å². The second-order valence-corrected chi connectivity index (χ2v) is 8.10. The standard InChI is InChI=1S/C27H26FN3O2/c1-18-7-4-10-22(15-18)29-26(32)14-13-25-20(3)30-31(23-11-5-8-19(2)16-23)27(25)33-24-12-6-9-21(28)17-24/h4-12,15-17H,13-14H2,1-3H3,(H,29,32). The monoisotopic (exact) mass is 443 g/mol. The molecule has 0 saturated heterocycles. The fourth-order valence-corrected chi connectivity index (χ4v) is 3.69. The first-order chi connectivity index (χ1) is 15.9. The van der Waals surface area contributed by atoms with Crippen LogP contribution in [0.5, 0.6) is 11.6 Å². The molecule has 0 fully saturated rings. The van der Waals surface area contributed by atoms with E-state index in [0.717, 1.165) is 33.8 Å². The van der Waals surface area contributed by atoms with Crippen LogP contribution in [0, 0.1) is 26.6 Å². The van der Waals surface area contributed by atoms with Crippen molar-refractivity contribution < 1.29 is 13.9 Å². The number of nitrogens with one attached hydrogen (secondary N) is 1. The molecule has 4 aromatic rings. The van der Waals surface area contributed by atoms with Gasteiger partial charge in [0.05, 0.1) is 11.4 Å². The number of amides is 1. The number of aromatic nitrogens is 2. The first-order valence-corrected chi connectivity index (χ1v) is 10.8. The number of halogens is 1. The fraction of sp³-hybridized carbons (Fsp3) is 0.185. The molecule has 168 valence electrons. The lowest BCUT2D eigenvalue weighted by Crippen LogP contribution is -2.12. The summed E-state index contributed by atoms with van der Waals surface area (Å²) in [5.74, 6) is 0.367. The molecule has 1 amide bonds. The van der Waals surface area contributed by atoms with Gasteiger partial charge in [-0.2, -0.15) is 5.10 Å². The Labute approximate surface area is 192 Å². The van der Waals surface area contributed by atoms with Gasteiger partial charge in [0.25, 0.3) is 0 Å². The Balaban J connectivity index is 1.62. The van der Waals surface area contributed by atoms with Crippen molar-refractivity contribution in [2.24, 2.45) is 0 Å². The summed E-state index contributed by atoms with van der Waals surface area (Å²) < 4.78 is 21.6. The molecule has 0 radical (unpaired) electrons. The Morgan fingerprint density at radius 1 is 0.970 bits per heavy atom. The minimum absolute atomic E-state index is 0.0972. The molecule has 1 aromatic heterocycles. The van der Waals surface area contributed by atoms with E-state index in [0.29, 0.717) is 18.1 Å². The summed E-state index contributed by atoms with van der Waals surface area (Å²) in [4.78, 5) is 12.6. The molecule has 4 rings (SSSR count). The van der Waals surface area contributed by atoms with Gasteiger partial charge in [0.15, 0.2) is 0 Å². The summed E-state index contributed by atoms with van der Waals surface area (Å²) in [5.41, 5.74) is 5.32. The van der Waals surface area contributed by atoms with Gasteiger partial charge in [0, 0.05) is 23.7 Å². The van der Waals surface area contributed by atoms with Crippen LogP contribution in [0.4, 0.5) is 10.1 Å². The van der Waals surface area contributed by atoms with Gasteiger partial charge in [-0.15, -0.1) is 0 Å². The number of ether oxygens (including phenoxy) is 1. The van der Waals surface area contributed by atoms with E-state index >= 15 is 0 Å². The van der Waals surface area contributed by atoms with Crippen molar-refractivity contribution in [1.82, 2.24) is 9.78 Å². The fourth-order valence-electron chi connectivity index (χ4n) is 3.69. The number of rotatable bonds is 7. The normalized spacial score (nSPS) is 10.8. The molecule has 3 aromatic carbocycles. The molecule has 0 bridgehead atoms. The van der Waals surface area contributed by atoms with Crippen molar-refractivity contribution >= 4 is 11.6 Å². The Bertz CT molecular complexity index is 1300. The summed E-state index contributed by atoms with van der Waals surface area (Å²) in [7, 11) is 0.